The molecule has 4 aromatic rings. The van der Waals surface area contributed by atoms with Crippen molar-refractivity contribution in [2.75, 3.05) is 33.3 Å². The molecule has 0 bridgehead atoms. The summed E-state index contributed by atoms with van der Waals surface area (Å²) in [6, 6.07) is 15.7. The summed E-state index contributed by atoms with van der Waals surface area (Å²) in [7, 11) is 1.67. The zero-order valence-electron chi connectivity index (χ0n) is 18.9. The van der Waals surface area contributed by atoms with Gasteiger partial charge < -0.3 is 9.64 Å². The van der Waals surface area contributed by atoms with E-state index in [0.717, 1.165) is 66.0 Å². The molecule has 3 heterocycles. The predicted molar refractivity (Wildman–Crippen MR) is 129 cm³/mol. The van der Waals surface area contributed by atoms with Crippen LogP contribution in [0, 0.1) is 0 Å². The van der Waals surface area contributed by atoms with Gasteiger partial charge in [-0.3, -0.25) is 9.69 Å². The van der Waals surface area contributed by atoms with Crippen LogP contribution in [0.2, 0.25) is 0 Å². The second-order valence-corrected chi connectivity index (χ2v) is 8.99. The minimum atomic E-state index is 0.158. The van der Waals surface area contributed by atoms with Crippen LogP contribution in [0.3, 0.4) is 0 Å². The Labute approximate surface area is 201 Å². The minimum Gasteiger partial charge on any atom is -0.497 e. The fourth-order valence-corrected chi connectivity index (χ4v) is 4.78. The number of amides is 1. The number of nitrogens with zero attached hydrogens (tertiary/aromatic N) is 7. The van der Waals surface area contributed by atoms with Crippen LogP contribution in [0.25, 0.3) is 16.3 Å². The van der Waals surface area contributed by atoms with Gasteiger partial charge >= 0.3 is 0 Å². The molecule has 0 aliphatic carbocycles. The van der Waals surface area contributed by atoms with Gasteiger partial charge in [0.2, 0.25) is 5.91 Å². The lowest BCUT2D eigenvalue weighted by Crippen LogP contribution is -2.48. The van der Waals surface area contributed by atoms with Gasteiger partial charge in [0.05, 0.1) is 24.9 Å². The molecule has 5 rings (SSSR count). The summed E-state index contributed by atoms with van der Waals surface area (Å²) in [4.78, 5) is 21.9. The SMILES string of the molecule is COc1ccc(-c2nc(CN3CCN(C(=O)Cc4ccc(-n5cnnn5)cc4)CC3)cs2)cc1. The Balaban J connectivity index is 1.11. The third-order valence-electron chi connectivity index (χ3n) is 5.90. The number of piperazine rings is 1. The molecule has 0 radical (unpaired) electrons. The molecule has 1 aliphatic heterocycles. The van der Waals surface area contributed by atoms with Crippen LogP contribution >= 0.6 is 11.3 Å². The van der Waals surface area contributed by atoms with Gasteiger partial charge in [-0.25, -0.2) is 9.67 Å². The summed E-state index contributed by atoms with van der Waals surface area (Å²) in [5, 5.41) is 14.3. The van der Waals surface area contributed by atoms with Crippen molar-refractivity contribution in [1.82, 2.24) is 35.0 Å². The highest BCUT2D eigenvalue weighted by Gasteiger charge is 2.22. The Kier molecular flexibility index (Phi) is 6.59. The number of ether oxygens (including phenoxy) is 1. The molecule has 10 heteroatoms. The quantitative estimate of drug-likeness (QED) is 0.406. The van der Waals surface area contributed by atoms with E-state index in [2.05, 4.69) is 25.8 Å². The van der Waals surface area contributed by atoms with Crippen LogP contribution in [0.1, 0.15) is 11.3 Å². The molecule has 174 valence electrons. The molecule has 0 N–H and O–H groups in total. The fourth-order valence-electron chi connectivity index (χ4n) is 3.96. The highest BCUT2D eigenvalue weighted by molar-refractivity contribution is 7.13. The summed E-state index contributed by atoms with van der Waals surface area (Å²) >= 11 is 1.66. The van der Waals surface area contributed by atoms with E-state index in [1.807, 2.05) is 53.4 Å². The molecule has 0 saturated carbocycles. The number of thiazole rings is 1. The van der Waals surface area contributed by atoms with Gasteiger partial charge in [-0.2, -0.15) is 0 Å². The number of tetrazole rings is 1. The van der Waals surface area contributed by atoms with Crippen molar-refractivity contribution in [3.8, 4) is 22.0 Å². The number of benzene rings is 2. The number of aromatic nitrogens is 5. The average Bonchev–Trinajstić information content (AvgIpc) is 3.58. The molecule has 1 fully saturated rings. The molecule has 1 saturated heterocycles. The number of methoxy groups -OCH3 is 1. The lowest BCUT2D eigenvalue weighted by molar-refractivity contribution is -0.132. The number of carbonyl (C=O) groups excluding carboxylic acids is 1. The molecule has 1 aliphatic rings. The number of carbonyl (C=O) groups is 1. The molecule has 2 aromatic carbocycles. The van der Waals surface area contributed by atoms with E-state index in [1.165, 1.54) is 0 Å². The molecule has 0 unspecified atom stereocenters. The molecule has 0 atom stereocenters. The number of hydrogen-bond acceptors (Lipinski definition) is 8. The van der Waals surface area contributed by atoms with Crippen molar-refractivity contribution < 1.29 is 9.53 Å². The molecule has 34 heavy (non-hydrogen) atoms. The van der Waals surface area contributed by atoms with Crippen LogP contribution in [-0.2, 0) is 17.8 Å². The summed E-state index contributed by atoms with van der Waals surface area (Å²) in [5.41, 5.74) is 4.02. The van der Waals surface area contributed by atoms with E-state index in [0.29, 0.717) is 6.42 Å². The third kappa shape index (κ3) is 5.13. The van der Waals surface area contributed by atoms with Crippen molar-refractivity contribution in [2.45, 2.75) is 13.0 Å². The summed E-state index contributed by atoms with van der Waals surface area (Å²) in [5.74, 6) is 1.000. The molecule has 2 aromatic heterocycles. The normalized spacial score (nSPS) is 14.3. The highest BCUT2D eigenvalue weighted by Crippen LogP contribution is 2.26. The lowest BCUT2D eigenvalue weighted by atomic mass is 10.1. The first kappa shape index (κ1) is 22.2. The zero-order valence-corrected chi connectivity index (χ0v) is 19.7. The average molecular weight is 476 g/mol. The lowest BCUT2D eigenvalue weighted by Gasteiger charge is -2.34. The van der Waals surface area contributed by atoms with Crippen molar-refractivity contribution in [2.24, 2.45) is 0 Å². The monoisotopic (exact) mass is 475 g/mol. The summed E-state index contributed by atoms with van der Waals surface area (Å²) in [6.07, 6.45) is 1.94. The first-order valence-electron chi connectivity index (χ1n) is 11.1. The Morgan fingerprint density at radius 2 is 1.79 bits per heavy atom. The van der Waals surface area contributed by atoms with Gasteiger partial charge in [-0.1, -0.05) is 12.1 Å². The van der Waals surface area contributed by atoms with Gasteiger partial charge in [0.15, 0.2) is 0 Å². The van der Waals surface area contributed by atoms with Crippen LogP contribution in [0.5, 0.6) is 5.75 Å². The molecule has 1 amide bonds. The van der Waals surface area contributed by atoms with Crippen LogP contribution < -0.4 is 4.74 Å². The number of rotatable bonds is 7. The first-order valence-corrected chi connectivity index (χ1v) is 12.0. The second kappa shape index (κ2) is 10.1. The predicted octanol–water partition coefficient (Wildman–Crippen LogP) is 2.68. The molecule has 0 spiro atoms. The van der Waals surface area contributed by atoms with Crippen molar-refractivity contribution >= 4 is 17.2 Å². The molecular formula is C24H25N7O2S. The van der Waals surface area contributed by atoms with Gasteiger partial charge in [0.25, 0.3) is 0 Å². The maximum Gasteiger partial charge on any atom is 0.227 e. The van der Waals surface area contributed by atoms with E-state index in [9.17, 15) is 4.79 Å². The van der Waals surface area contributed by atoms with Crippen molar-refractivity contribution in [1.29, 1.82) is 0 Å². The summed E-state index contributed by atoms with van der Waals surface area (Å²) < 4.78 is 6.82. The maximum absolute atomic E-state index is 12.8. The van der Waals surface area contributed by atoms with E-state index in [1.54, 1.807) is 29.5 Å². The highest BCUT2D eigenvalue weighted by atomic mass is 32.1. The fraction of sp³-hybridized carbons (Fsp3) is 0.292. The smallest absolute Gasteiger partial charge is 0.227 e. The minimum absolute atomic E-state index is 0.158. The van der Waals surface area contributed by atoms with E-state index >= 15 is 0 Å². The Hall–Kier alpha value is -3.63. The van der Waals surface area contributed by atoms with E-state index < -0.39 is 0 Å². The molecule has 9 nitrogen and oxygen atoms in total. The topological polar surface area (TPSA) is 89.3 Å². The van der Waals surface area contributed by atoms with Crippen LogP contribution in [0.15, 0.2) is 60.2 Å². The van der Waals surface area contributed by atoms with Crippen LogP contribution in [0.4, 0.5) is 0 Å². The zero-order chi connectivity index (χ0) is 23.3. The standard InChI is InChI=1S/C24H25N7O2S/c1-33-22-8-4-19(5-9-22)24-26-20(16-34-24)15-29-10-12-30(13-11-29)23(32)14-18-2-6-21(7-3-18)31-17-25-27-28-31/h2-9,16-17H,10-15H2,1H3. The van der Waals surface area contributed by atoms with E-state index in [-0.39, 0.29) is 5.91 Å². The molecular weight excluding hydrogens is 450 g/mol. The van der Waals surface area contributed by atoms with Crippen molar-refractivity contribution in [3.05, 3.63) is 71.5 Å². The Bertz CT molecular complexity index is 1220. The van der Waals surface area contributed by atoms with Gasteiger partial charge in [0.1, 0.15) is 17.1 Å². The van der Waals surface area contributed by atoms with E-state index in [4.69, 9.17) is 9.72 Å². The largest absolute Gasteiger partial charge is 0.497 e. The Morgan fingerprint density at radius 1 is 1.03 bits per heavy atom. The van der Waals surface area contributed by atoms with Crippen LogP contribution in [-0.4, -0.2) is 74.2 Å². The maximum atomic E-state index is 12.8. The van der Waals surface area contributed by atoms with Crippen molar-refractivity contribution in [3.63, 3.8) is 0 Å². The van der Waals surface area contributed by atoms with Gasteiger partial charge in [0, 0.05) is 43.7 Å². The Morgan fingerprint density at radius 3 is 2.47 bits per heavy atom. The number of hydrogen-bond donors (Lipinski definition) is 0. The van der Waals surface area contributed by atoms with Gasteiger partial charge in [-0.15, -0.1) is 16.4 Å². The third-order valence-corrected chi connectivity index (χ3v) is 6.84. The summed E-state index contributed by atoms with van der Waals surface area (Å²) in [6.45, 7) is 3.96. The van der Waals surface area contributed by atoms with Gasteiger partial charge in [-0.05, 0) is 52.4 Å². The first-order chi connectivity index (χ1) is 16.7. The second-order valence-electron chi connectivity index (χ2n) is 8.13.